The molecule has 1 fully saturated rings. The number of carboxylic acids is 1. The average Bonchev–Trinajstić information content (AvgIpc) is 3.04. The Morgan fingerprint density at radius 3 is 2.83 bits per heavy atom. The molecule has 1 aliphatic rings. The molecule has 0 spiro atoms. The third kappa shape index (κ3) is 3.57. The SMILES string of the molecule is O=C(O)C1CN(C(=O)Cc2cnn(-c3ccccc3)c2)CCO1. The first kappa shape index (κ1) is 15.2. The summed E-state index contributed by atoms with van der Waals surface area (Å²) in [5.41, 5.74) is 1.71. The number of amides is 1. The number of rotatable bonds is 4. The van der Waals surface area contributed by atoms with Crippen LogP contribution >= 0.6 is 0 Å². The third-order valence-corrected chi connectivity index (χ3v) is 3.71. The fourth-order valence-corrected chi connectivity index (χ4v) is 2.48. The summed E-state index contributed by atoms with van der Waals surface area (Å²) in [6.07, 6.45) is 2.71. The van der Waals surface area contributed by atoms with Crippen molar-refractivity contribution in [1.29, 1.82) is 0 Å². The molecule has 23 heavy (non-hydrogen) atoms. The Morgan fingerprint density at radius 1 is 1.30 bits per heavy atom. The smallest absolute Gasteiger partial charge is 0.334 e. The van der Waals surface area contributed by atoms with Gasteiger partial charge in [0.25, 0.3) is 0 Å². The lowest BCUT2D eigenvalue weighted by molar-refractivity contribution is -0.159. The Labute approximate surface area is 133 Å². The number of carbonyl (C=O) groups is 2. The number of morpholine rings is 1. The maximum Gasteiger partial charge on any atom is 0.334 e. The Bertz CT molecular complexity index is 698. The molecule has 1 aromatic carbocycles. The van der Waals surface area contributed by atoms with Crippen molar-refractivity contribution < 1.29 is 19.4 Å². The van der Waals surface area contributed by atoms with E-state index in [0.717, 1.165) is 11.3 Å². The van der Waals surface area contributed by atoms with Gasteiger partial charge in [-0.25, -0.2) is 9.48 Å². The normalized spacial score (nSPS) is 17.9. The number of carboxylic acid groups (broad SMARTS) is 1. The van der Waals surface area contributed by atoms with Gasteiger partial charge in [-0.1, -0.05) is 18.2 Å². The number of para-hydroxylation sites is 1. The third-order valence-electron chi connectivity index (χ3n) is 3.71. The van der Waals surface area contributed by atoms with Crippen molar-refractivity contribution >= 4 is 11.9 Å². The number of benzene rings is 1. The van der Waals surface area contributed by atoms with Crippen LogP contribution in [0.4, 0.5) is 0 Å². The van der Waals surface area contributed by atoms with Gasteiger partial charge in [-0.05, 0) is 17.7 Å². The van der Waals surface area contributed by atoms with Gasteiger partial charge in [0.15, 0.2) is 6.10 Å². The monoisotopic (exact) mass is 315 g/mol. The Kier molecular flexibility index (Phi) is 4.38. The highest BCUT2D eigenvalue weighted by Crippen LogP contribution is 2.11. The van der Waals surface area contributed by atoms with E-state index < -0.39 is 12.1 Å². The van der Waals surface area contributed by atoms with Crippen molar-refractivity contribution in [3.05, 3.63) is 48.3 Å². The number of nitrogens with zero attached hydrogens (tertiary/aromatic N) is 3. The molecule has 7 heteroatoms. The molecule has 3 rings (SSSR count). The number of aliphatic carboxylic acids is 1. The fraction of sp³-hybridized carbons (Fsp3) is 0.312. The number of hydrogen-bond acceptors (Lipinski definition) is 4. The second kappa shape index (κ2) is 6.62. The summed E-state index contributed by atoms with van der Waals surface area (Å²) in [5, 5.41) is 13.2. The molecule has 0 bridgehead atoms. The largest absolute Gasteiger partial charge is 0.479 e. The first-order valence-electron chi connectivity index (χ1n) is 7.34. The summed E-state index contributed by atoms with van der Waals surface area (Å²) < 4.78 is 6.83. The molecule has 0 radical (unpaired) electrons. The van der Waals surface area contributed by atoms with E-state index in [4.69, 9.17) is 9.84 Å². The van der Waals surface area contributed by atoms with E-state index in [0.29, 0.717) is 6.54 Å². The molecule has 120 valence electrons. The number of ether oxygens (including phenoxy) is 1. The van der Waals surface area contributed by atoms with E-state index in [9.17, 15) is 9.59 Å². The Hall–Kier alpha value is -2.67. The van der Waals surface area contributed by atoms with Crippen LogP contribution in [0, 0.1) is 0 Å². The van der Waals surface area contributed by atoms with E-state index in [1.54, 1.807) is 10.9 Å². The molecular weight excluding hydrogens is 298 g/mol. The van der Waals surface area contributed by atoms with Crippen LogP contribution in [0.2, 0.25) is 0 Å². The topological polar surface area (TPSA) is 84.7 Å². The zero-order chi connectivity index (χ0) is 16.2. The maximum atomic E-state index is 12.3. The lowest BCUT2D eigenvalue weighted by Crippen LogP contribution is -2.49. The van der Waals surface area contributed by atoms with Gasteiger partial charge in [0.1, 0.15) is 0 Å². The molecule has 1 N–H and O–H groups in total. The zero-order valence-corrected chi connectivity index (χ0v) is 12.5. The van der Waals surface area contributed by atoms with Gasteiger partial charge >= 0.3 is 5.97 Å². The number of carbonyl (C=O) groups excluding carboxylic acids is 1. The van der Waals surface area contributed by atoms with Crippen LogP contribution < -0.4 is 0 Å². The maximum absolute atomic E-state index is 12.3. The molecule has 2 aromatic rings. The first-order chi connectivity index (χ1) is 11.1. The van der Waals surface area contributed by atoms with Crippen molar-refractivity contribution in [3.63, 3.8) is 0 Å². The summed E-state index contributed by atoms with van der Waals surface area (Å²) in [6.45, 7) is 0.739. The van der Waals surface area contributed by atoms with Crippen molar-refractivity contribution in [2.45, 2.75) is 12.5 Å². The molecular formula is C16H17N3O4. The van der Waals surface area contributed by atoms with Crippen molar-refractivity contribution in [3.8, 4) is 5.69 Å². The molecule has 1 saturated heterocycles. The second-order valence-corrected chi connectivity index (χ2v) is 5.34. The zero-order valence-electron chi connectivity index (χ0n) is 12.5. The highest BCUT2D eigenvalue weighted by atomic mass is 16.5. The van der Waals surface area contributed by atoms with Gasteiger partial charge in [0, 0.05) is 12.7 Å². The van der Waals surface area contributed by atoms with Crippen LogP contribution in [0.15, 0.2) is 42.7 Å². The standard InChI is InChI=1S/C16H17N3O4/c20-15(18-6-7-23-14(11-18)16(21)22)8-12-9-17-19(10-12)13-4-2-1-3-5-13/h1-5,9-10,14H,6-8,11H2,(H,21,22). The molecule has 1 amide bonds. The van der Waals surface area contributed by atoms with E-state index in [1.165, 1.54) is 4.90 Å². The second-order valence-electron chi connectivity index (χ2n) is 5.34. The van der Waals surface area contributed by atoms with Crippen LogP contribution in [-0.2, 0) is 20.7 Å². The number of aromatic nitrogens is 2. The summed E-state index contributed by atoms with van der Waals surface area (Å²) in [7, 11) is 0. The van der Waals surface area contributed by atoms with Crippen LogP contribution in [0.5, 0.6) is 0 Å². The van der Waals surface area contributed by atoms with Gasteiger partial charge < -0.3 is 14.7 Å². The van der Waals surface area contributed by atoms with Gasteiger partial charge in [-0.2, -0.15) is 5.10 Å². The van der Waals surface area contributed by atoms with Crippen LogP contribution in [0.25, 0.3) is 5.69 Å². The summed E-state index contributed by atoms with van der Waals surface area (Å²) >= 11 is 0. The quantitative estimate of drug-likeness (QED) is 0.899. The van der Waals surface area contributed by atoms with Gasteiger partial charge in [-0.15, -0.1) is 0 Å². The molecule has 1 unspecified atom stereocenters. The highest BCUT2D eigenvalue weighted by Gasteiger charge is 2.28. The van der Waals surface area contributed by atoms with Gasteiger partial charge in [0.05, 0.1) is 31.5 Å². The highest BCUT2D eigenvalue weighted by molar-refractivity contribution is 5.80. The molecule has 1 aliphatic heterocycles. The minimum absolute atomic E-state index is 0.0843. The van der Waals surface area contributed by atoms with Gasteiger partial charge in [0.2, 0.25) is 5.91 Å². The average molecular weight is 315 g/mol. The lowest BCUT2D eigenvalue weighted by atomic mass is 10.2. The van der Waals surface area contributed by atoms with Gasteiger partial charge in [-0.3, -0.25) is 4.79 Å². The van der Waals surface area contributed by atoms with E-state index >= 15 is 0 Å². The van der Waals surface area contributed by atoms with E-state index in [1.807, 2.05) is 36.5 Å². The molecule has 2 heterocycles. The molecule has 1 aromatic heterocycles. The lowest BCUT2D eigenvalue weighted by Gasteiger charge is -2.30. The Morgan fingerprint density at radius 2 is 2.09 bits per heavy atom. The Balaban J connectivity index is 1.64. The van der Waals surface area contributed by atoms with Crippen molar-refractivity contribution in [2.75, 3.05) is 19.7 Å². The summed E-state index contributed by atoms with van der Waals surface area (Å²) in [5.74, 6) is -1.16. The van der Waals surface area contributed by atoms with E-state index in [-0.39, 0.29) is 25.5 Å². The van der Waals surface area contributed by atoms with E-state index in [2.05, 4.69) is 5.10 Å². The number of hydrogen-bond donors (Lipinski definition) is 1. The van der Waals surface area contributed by atoms with Crippen molar-refractivity contribution in [1.82, 2.24) is 14.7 Å². The first-order valence-corrected chi connectivity index (χ1v) is 7.34. The van der Waals surface area contributed by atoms with Crippen molar-refractivity contribution in [2.24, 2.45) is 0 Å². The van der Waals surface area contributed by atoms with Crippen LogP contribution in [0.1, 0.15) is 5.56 Å². The summed E-state index contributed by atoms with van der Waals surface area (Å²) in [4.78, 5) is 24.8. The van der Waals surface area contributed by atoms with Crippen LogP contribution in [0.3, 0.4) is 0 Å². The molecule has 0 saturated carbocycles. The van der Waals surface area contributed by atoms with Crippen LogP contribution in [-0.4, -0.2) is 57.5 Å². The molecule has 1 atom stereocenters. The minimum atomic E-state index is -1.04. The minimum Gasteiger partial charge on any atom is -0.479 e. The fourth-order valence-electron chi connectivity index (χ4n) is 2.48. The predicted octanol–water partition coefficient (Wildman–Crippen LogP) is 0.727. The molecule has 7 nitrogen and oxygen atoms in total. The summed E-state index contributed by atoms with van der Waals surface area (Å²) in [6, 6.07) is 9.62. The molecule has 0 aliphatic carbocycles. The predicted molar refractivity (Wildman–Crippen MR) is 81.2 cm³/mol.